The van der Waals surface area contributed by atoms with Gasteiger partial charge in [-0.25, -0.2) is 21.6 Å². The first kappa shape index (κ1) is 20.6. The summed E-state index contributed by atoms with van der Waals surface area (Å²) in [6.07, 6.45) is 0.353. The lowest BCUT2D eigenvalue weighted by Crippen LogP contribution is -2.41. The summed E-state index contributed by atoms with van der Waals surface area (Å²) in [4.78, 5) is 12.2. The van der Waals surface area contributed by atoms with Crippen molar-refractivity contribution in [2.24, 2.45) is 5.92 Å². The molecular formula is C18H16ClF3N2O3S. The molecule has 0 spiro atoms. The molecule has 28 heavy (non-hydrogen) atoms. The zero-order chi connectivity index (χ0) is 20.5. The molecule has 0 bridgehead atoms. The summed E-state index contributed by atoms with van der Waals surface area (Å²) in [6.45, 7) is 0.0737. The Morgan fingerprint density at radius 1 is 1.04 bits per heavy atom. The monoisotopic (exact) mass is 432 g/mol. The number of hydrogen-bond acceptors (Lipinski definition) is 3. The number of carbonyl (C=O) groups is 1. The van der Waals surface area contributed by atoms with Crippen LogP contribution in [0.1, 0.15) is 12.8 Å². The van der Waals surface area contributed by atoms with Crippen LogP contribution in [0.15, 0.2) is 41.3 Å². The van der Waals surface area contributed by atoms with Gasteiger partial charge in [0.25, 0.3) is 0 Å². The molecule has 2 aromatic rings. The first-order valence-corrected chi connectivity index (χ1v) is 10.2. The van der Waals surface area contributed by atoms with E-state index in [0.717, 1.165) is 30.3 Å². The quantitative estimate of drug-likeness (QED) is 0.799. The van der Waals surface area contributed by atoms with Crippen molar-refractivity contribution in [1.29, 1.82) is 0 Å². The minimum atomic E-state index is -3.89. The molecule has 0 unspecified atom stereocenters. The molecule has 0 aliphatic carbocycles. The topological polar surface area (TPSA) is 66.5 Å². The van der Waals surface area contributed by atoms with Gasteiger partial charge in [-0.15, -0.1) is 0 Å². The van der Waals surface area contributed by atoms with E-state index in [1.807, 2.05) is 0 Å². The van der Waals surface area contributed by atoms with Gasteiger partial charge in [0, 0.05) is 19.0 Å². The van der Waals surface area contributed by atoms with Crippen LogP contribution >= 0.6 is 11.6 Å². The fraction of sp³-hybridized carbons (Fsp3) is 0.278. The predicted molar refractivity (Wildman–Crippen MR) is 97.9 cm³/mol. The summed E-state index contributed by atoms with van der Waals surface area (Å²) in [5.41, 5.74) is -0.525. The predicted octanol–water partition coefficient (Wildman–Crippen LogP) is 3.80. The van der Waals surface area contributed by atoms with Crippen molar-refractivity contribution in [3.8, 4) is 0 Å². The fourth-order valence-corrected chi connectivity index (χ4v) is 4.73. The number of amides is 1. The van der Waals surface area contributed by atoms with Crippen molar-refractivity contribution in [3.05, 3.63) is 58.9 Å². The van der Waals surface area contributed by atoms with Crippen LogP contribution in [0.3, 0.4) is 0 Å². The second-order valence-electron chi connectivity index (χ2n) is 6.34. The number of benzene rings is 2. The van der Waals surface area contributed by atoms with Gasteiger partial charge in [0.15, 0.2) is 0 Å². The highest BCUT2D eigenvalue weighted by atomic mass is 35.5. The van der Waals surface area contributed by atoms with Crippen molar-refractivity contribution in [1.82, 2.24) is 4.31 Å². The molecule has 1 saturated heterocycles. The zero-order valence-corrected chi connectivity index (χ0v) is 16.0. The molecule has 150 valence electrons. The van der Waals surface area contributed by atoms with E-state index in [0.29, 0.717) is 0 Å². The van der Waals surface area contributed by atoms with E-state index in [1.54, 1.807) is 0 Å². The standard InChI is InChI=1S/C18H16ClF3N2O3S/c19-13-10-12(4-5-14(13)20)28(26,27)24-8-6-11(7-9-24)18(25)23-17-15(21)2-1-3-16(17)22/h1-5,10-11H,6-9H2,(H,23,25). The Labute approximate surface area is 165 Å². The van der Waals surface area contributed by atoms with Crippen molar-refractivity contribution in [3.63, 3.8) is 0 Å². The normalized spacial score (nSPS) is 16.1. The number of hydrogen-bond donors (Lipinski definition) is 1. The van der Waals surface area contributed by atoms with Gasteiger partial charge in [-0.2, -0.15) is 4.31 Å². The summed E-state index contributed by atoms with van der Waals surface area (Å²) >= 11 is 5.65. The largest absolute Gasteiger partial charge is 0.321 e. The van der Waals surface area contributed by atoms with Crippen LogP contribution in [-0.2, 0) is 14.8 Å². The summed E-state index contributed by atoms with van der Waals surface area (Å²) in [6, 6.07) is 6.37. The third-order valence-corrected chi connectivity index (χ3v) is 6.75. The van der Waals surface area contributed by atoms with Gasteiger partial charge in [-0.3, -0.25) is 4.79 Å². The van der Waals surface area contributed by atoms with Gasteiger partial charge in [-0.05, 0) is 43.2 Å². The molecule has 2 aromatic carbocycles. The Morgan fingerprint density at radius 2 is 1.64 bits per heavy atom. The summed E-state index contributed by atoms with van der Waals surface area (Å²) < 4.78 is 67.1. The lowest BCUT2D eigenvalue weighted by atomic mass is 9.97. The molecule has 0 atom stereocenters. The molecule has 0 radical (unpaired) electrons. The summed E-state index contributed by atoms with van der Waals surface area (Å²) in [5.74, 6) is -3.67. The maximum absolute atomic E-state index is 13.7. The Bertz CT molecular complexity index is 989. The number of sulfonamides is 1. The number of nitrogens with zero attached hydrogens (tertiary/aromatic N) is 1. The highest BCUT2D eigenvalue weighted by molar-refractivity contribution is 7.89. The highest BCUT2D eigenvalue weighted by Crippen LogP contribution is 2.28. The molecular weight excluding hydrogens is 417 g/mol. The number of piperidine rings is 1. The van der Waals surface area contributed by atoms with E-state index in [1.165, 1.54) is 10.4 Å². The third-order valence-electron chi connectivity index (χ3n) is 4.56. The molecule has 1 fully saturated rings. The minimum Gasteiger partial charge on any atom is -0.321 e. The molecule has 1 heterocycles. The number of para-hydroxylation sites is 1. The maximum Gasteiger partial charge on any atom is 0.243 e. The van der Waals surface area contributed by atoms with Gasteiger partial charge in [0.05, 0.1) is 9.92 Å². The number of rotatable bonds is 4. The lowest BCUT2D eigenvalue weighted by Gasteiger charge is -2.30. The van der Waals surface area contributed by atoms with Crippen molar-refractivity contribution in [2.45, 2.75) is 17.7 Å². The van der Waals surface area contributed by atoms with Gasteiger partial charge in [0.1, 0.15) is 23.1 Å². The van der Waals surface area contributed by atoms with Gasteiger partial charge >= 0.3 is 0 Å². The average molecular weight is 433 g/mol. The molecule has 1 aliphatic heterocycles. The van der Waals surface area contributed by atoms with Gasteiger partial charge in [0.2, 0.25) is 15.9 Å². The summed E-state index contributed by atoms with van der Waals surface area (Å²) in [5, 5.41) is 1.93. The maximum atomic E-state index is 13.7. The smallest absolute Gasteiger partial charge is 0.243 e. The van der Waals surface area contributed by atoms with E-state index in [-0.39, 0.29) is 35.8 Å². The van der Waals surface area contributed by atoms with Crippen LogP contribution in [0, 0.1) is 23.4 Å². The second kappa shape index (κ2) is 8.10. The Kier molecular flexibility index (Phi) is 5.97. The number of anilines is 1. The van der Waals surface area contributed by atoms with Crippen LogP contribution in [0.4, 0.5) is 18.9 Å². The SMILES string of the molecule is O=C(Nc1c(F)cccc1F)C1CCN(S(=O)(=O)c2ccc(F)c(Cl)c2)CC1. The van der Waals surface area contributed by atoms with Crippen LogP contribution < -0.4 is 5.32 Å². The number of halogens is 4. The molecule has 1 aliphatic rings. The van der Waals surface area contributed by atoms with E-state index in [2.05, 4.69) is 5.32 Å². The van der Waals surface area contributed by atoms with E-state index in [4.69, 9.17) is 11.6 Å². The Morgan fingerprint density at radius 3 is 2.21 bits per heavy atom. The van der Waals surface area contributed by atoms with Crippen LogP contribution in [-0.4, -0.2) is 31.7 Å². The molecule has 0 saturated carbocycles. The van der Waals surface area contributed by atoms with E-state index >= 15 is 0 Å². The van der Waals surface area contributed by atoms with Crippen LogP contribution in [0.5, 0.6) is 0 Å². The first-order chi connectivity index (χ1) is 13.2. The van der Waals surface area contributed by atoms with Gasteiger partial charge in [-0.1, -0.05) is 17.7 Å². The van der Waals surface area contributed by atoms with Crippen LogP contribution in [0.2, 0.25) is 5.02 Å². The number of nitrogens with one attached hydrogen (secondary N) is 1. The molecule has 5 nitrogen and oxygen atoms in total. The third kappa shape index (κ3) is 4.16. The molecule has 0 aromatic heterocycles. The van der Waals surface area contributed by atoms with E-state index < -0.39 is 45.0 Å². The highest BCUT2D eigenvalue weighted by Gasteiger charge is 2.33. The molecule has 10 heteroatoms. The molecule has 1 amide bonds. The van der Waals surface area contributed by atoms with Gasteiger partial charge < -0.3 is 5.32 Å². The van der Waals surface area contributed by atoms with Crippen molar-refractivity contribution in [2.75, 3.05) is 18.4 Å². The fourth-order valence-electron chi connectivity index (χ4n) is 2.99. The first-order valence-electron chi connectivity index (χ1n) is 8.40. The lowest BCUT2D eigenvalue weighted by molar-refractivity contribution is -0.121. The summed E-state index contributed by atoms with van der Waals surface area (Å²) in [7, 11) is -3.89. The van der Waals surface area contributed by atoms with Crippen molar-refractivity contribution < 1.29 is 26.4 Å². The van der Waals surface area contributed by atoms with E-state index in [9.17, 15) is 26.4 Å². The number of carbonyl (C=O) groups excluding carboxylic acids is 1. The second-order valence-corrected chi connectivity index (χ2v) is 8.69. The minimum absolute atomic E-state index is 0.0369. The van der Waals surface area contributed by atoms with Crippen molar-refractivity contribution >= 4 is 33.2 Å². The molecule has 1 N–H and O–H groups in total. The zero-order valence-electron chi connectivity index (χ0n) is 14.5. The Balaban J connectivity index is 1.66. The Hall–Kier alpha value is -2.10. The molecule has 3 rings (SSSR count). The van der Waals surface area contributed by atoms with Crippen LogP contribution in [0.25, 0.3) is 0 Å². The average Bonchev–Trinajstić information content (AvgIpc) is 2.67.